The van der Waals surface area contributed by atoms with Gasteiger partial charge in [0, 0.05) is 12.7 Å². The number of nitrogens with one attached hydrogen (secondary N) is 1. The third-order valence-corrected chi connectivity index (χ3v) is 1.86. The average Bonchev–Trinajstić information content (AvgIpc) is 2.26. The number of anilines is 1. The van der Waals surface area contributed by atoms with Crippen molar-refractivity contribution in [3.8, 4) is 5.75 Å². The van der Waals surface area contributed by atoms with Gasteiger partial charge < -0.3 is 10.1 Å². The van der Waals surface area contributed by atoms with Crippen LogP contribution in [0.4, 0.5) is 18.9 Å². The van der Waals surface area contributed by atoms with Gasteiger partial charge in [-0.15, -0.1) is 12.4 Å². The standard InChI is InChI=1S/C10H12F3NO.ClH/c1-14-7-2-4-8(5-3-7)15-9(6-11)10(12)13;/h2-5,9-10,14H,6H2,1H3;1H. The second-order valence-corrected chi connectivity index (χ2v) is 2.92. The lowest BCUT2D eigenvalue weighted by Crippen LogP contribution is -2.27. The molecule has 0 radical (unpaired) electrons. The molecule has 0 aromatic heterocycles. The monoisotopic (exact) mass is 255 g/mol. The Hall–Kier alpha value is -1.10. The first-order valence-electron chi connectivity index (χ1n) is 4.46. The van der Waals surface area contributed by atoms with Crippen LogP contribution < -0.4 is 10.1 Å². The van der Waals surface area contributed by atoms with Crippen LogP contribution in [0.3, 0.4) is 0 Å². The van der Waals surface area contributed by atoms with Gasteiger partial charge in [-0.25, -0.2) is 13.2 Å². The summed E-state index contributed by atoms with van der Waals surface area (Å²) in [5, 5.41) is 2.87. The normalized spacial score (nSPS) is 11.8. The van der Waals surface area contributed by atoms with E-state index in [-0.39, 0.29) is 18.2 Å². The molecule has 0 saturated heterocycles. The minimum atomic E-state index is -2.82. The minimum Gasteiger partial charge on any atom is -0.482 e. The molecule has 0 saturated carbocycles. The summed E-state index contributed by atoms with van der Waals surface area (Å²) >= 11 is 0. The number of rotatable bonds is 5. The maximum Gasteiger partial charge on any atom is 0.277 e. The average molecular weight is 256 g/mol. The van der Waals surface area contributed by atoms with Crippen LogP contribution in [0.5, 0.6) is 5.75 Å². The van der Waals surface area contributed by atoms with Gasteiger partial charge in [0.25, 0.3) is 6.43 Å². The summed E-state index contributed by atoms with van der Waals surface area (Å²) in [7, 11) is 1.74. The molecule has 1 atom stereocenters. The molecule has 0 aliphatic rings. The van der Waals surface area contributed by atoms with Crippen LogP contribution in [0.2, 0.25) is 0 Å². The third kappa shape index (κ3) is 4.18. The number of alkyl halides is 3. The molecule has 0 spiro atoms. The number of halogens is 4. The van der Waals surface area contributed by atoms with E-state index in [1.54, 1.807) is 19.2 Å². The van der Waals surface area contributed by atoms with Gasteiger partial charge in [-0.3, -0.25) is 0 Å². The van der Waals surface area contributed by atoms with Crippen molar-refractivity contribution in [1.29, 1.82) is 0 Å². The SMILES string of the molecule is CNc1ccc(OC(CF)C(F)F)cc1.Cl. The van der Waals surface area contributed by atoms with E-state index >= 15 is 0 Å². The fourth-order valence-corrected chi connectivity index (χ4v) is 1.03. The van der Waals surface area contributed by atoms with Crippen LogP contribution >= 0.6 is 12.4 Å². The van der Waals surface area contributed by atoms with E-state index in [9.17, 15) is 13.2 Å². The molecule has 92 valence electrons. The van der Waals surface area contributed by atoms with Crippen LogP contribution in [-0.4, -0.2) is 26.3 Å². The summed E-state index contributed by atoms with van der Waals surface area (Å²) in [5.74, 6) is 0.233. The predicted octanol–water partition coefficient (Wildman–Crippen LogP) is 3.13. The number of hydrogen-bond donors (Lipinski definition) is 1. The summed E-state index contributed by atoms with van der Waals surface area (Å²) in [6.45, 7) is -1.20. The van der Waals surface area contributed by atoms with Gasteiger partial charge in [0.2, 0.25) is 0 Å². The fourth-order valence-electron chi connectivity index (χ4n) is 1.03. The largest absolute Gasteiger partial charge is 0.482 e. The predicted molar refractivity (Wildman–Crippen MR) is 59.6 cm³/mol. The lowest BCUT2D eigenvalue weighted by atomic mass is 10.3. The zero-order valence-electron chi connectivity index (χ0n) is 8.62. The lowest BCUT2D eigenvalue weighted by molar-refractivity contribution is -0.00116. The van der Waals surface area contributed by atoms with E-state index in [2.05, 4.69) is 5.32 Å². The van der Waals surface area contributed by atoms with Crippen LogP contribution in [-0.2, 0) is 0 Å². The van der Waals surface area contributed by atoms with Crippen molar-refractivity contribution in [2.45, 2.75) is 12.5 Å². The fraction of sp³-hybridized carbons (Fsp3) is 0.400. The van der Waals surface area contributed by atoms with Gasteiger partial charge in [0.1, 0.15) is 12.4 Å². The molecule has 1 rings (SSSR count). The summed E-state index contributed by atoms with van der Waals surface area (Å²) < 4.78 is 41.2. The van der Waals surface area contributed by atoms with E-state index in [0.29, 0.717) is 0 Å². The topological polar surface area (TPSA) is 21.3 Å². The van der Waals surface area contributed by atoms with Gasteiger partial charge in [-0.2, -0.15) is 0 Å². The summed E-state index contributed by atoms with van der Waals surface area (Å²) in [5.41, 5.74) is 0.830. The van der Waals surface area contributed by atoms with Gasteiger partial charge in [-0.05, 0) is 24.3 Å². The number of hydrogen-bond acceptors (Lipinski definition) is 2. The molecule has 1 aromatic rings. The second kappa shape index (κ2) is 7.22. The van der Waals surface area contributed by atoms with Crippen LogP contribution in [0, 0.1) is 0 Å². The second-order valence-electron chi connectivity index (χ2n) is 2.92. The van der Waals surface area contributed by atoms with Crippen molar-refractivity contribution in [2.75, 3.05) is 19.0 Å². The Morgan fingerprint density at radius 2 is 1.81 bits per heavy atom. The Kier molecular flexibility index (Phi) is 6.72. The maximum atomic E-state index is 12.2. The van der Waals surface area contributed by atoms with Gasteiger partial charge in [0.15, 0.2) is 6.10 Å². The Labute approximate surface area is 98.2 Å². The Bertz CT molecular complexity index is 295. The first kappa shape index (κ1) is 14.9. The van der Waals surface area contributed by atoms with E-state index < -0.39 is 19.2 Å². The van der Waals surface area contributed by atoms with Gasteiger partial charge in [0.05, 0.1) is 0 Å². The molecule has 2 nitrogen and oxygen atoms in total. The highest BCUT2D eigenvalue weighted by atomic mass is 35.5. The van der Waals surface area contributed by atoms with Crippen molar-refractivity contribution < 1.29 is 17.9 Å². The van der Waals surface area contributed by atoms with Crippen LogP contribution in [0.1, 0.15) is 0 Å². The minimum absolute atomic E-state index is 0. The maximum absolute atomic E-state index is 12.2. The van der Waals surface area contributed by atoms with Crippen molar-refractivity contribution in [3.63, 3.8) is 0 Å². The molecular formula is C10H13ClF3NO. The van der Waals surface area contributed by atoms with E-state index in [1.165, 1.54) is 12.1 Å². The molecular weight excluding hydrogens is 243 g/mol. The molecule has 0 bridgehead atoms. The molecule has 1 aromatic carbocycles. The molecule has 0 aliphatic carbocycles. The van der Waals surface area contributed by atoms with E-state index in [0.717, 1.165) is 5.69 Å². The number of ether oxygens (including phenoxy) is 1. The van der Waals surface area contributed by atoms with Gasteiger partial charge >= 0.3 is 0 Å². The van der Waals surface area contributed by atoms with Crippen molar-refractivity contribution in [3.05, 3.63) is 24.3 Å². The molecule has 1 N–H and O–H groups in total. The molecule has 0 aliphatic heterocycles. The number of benzene rings is 1. The highest BCUT2D eigenvalue weighted by Crippen LogP contribution is 2.18. The molecule has 0 heterocycles. The molecule has 0 amide bonds. The van der Waals surface area contributed by atoms with E-state index in [4.69, 9.17) is 4.74 Å². The highest BCUT2D eigenvalue weighted by molar-refractivity contribution is 5.85. The highest BCUT2D eigenvalue weighted by Gasteiger charge is 2.21. The van der Waals surface area contributed by atoms with Crippen LogP contribution in [0.15, 0.2) is 24.3 Å². The van der Waals surface area contributed by atoms with Crippen LogP contribution in [0.25, 0.3) is 0 Å². The smallest absolute Gasteiger partial charge is 0.277 e. The van der Waals surface area contributed by atoms with Crippen molar-refractivity contribution in [1.82, 2.24) is 0 Å². The first-order valence-corrected chi connectivity index (χ1v) is 4.46. The molecule has 16 heavy (non-hydrogen) atoms. The molecule has 1 unspecified atom stereocenters. The summed E-state index contributed by atoms with van der Waals surface area (Å²) in [6.07, 6.45) is -4.51. The van der Waals surface area contributed by atoms with Crippen molar-refractivity contribution in [2.24, 2.45) is 0 Å². The quantitative estimate of drug-likeness (QED) is 0.873. The Morgan fingerprint density at radius 1 is 1.25 bits per heavy atom. The molecule has 6 heteroatoms. The lowest BCUT2D eigenvalue weighted by Gasteiger charge is -2.15. The summed E-state index contributed by atoms with van der Waals surface area (Å²) in [6, 6.07) is 6.35. The first-order chi connectivity index (χ1) is 7.17. The van der Waals surface area contributed by atoms with Crippen molar-refractivity contribution >= 4 is 18.1 Å². The zero-order chi connectivity index (χ0) is 11.3. The van der Waals surface area contributed by atoms with E-state index in [1.807, 2.05) is 0 Å². The zero-order valence-corrected chi connectivity index (χ0v) is 9.44. The third-order valence-electron chi connectivity index (χ3n) is 1.86. The molecule has 0 fully saturated rings. The Balaban J connectivity index is 0.00000225. The Morgan fingerprint density at radius 3 is 2.19 bits per heavy atom. The summed E-state index contributed by atoms with van der Waals surface area (Å²) in [4.78, 5) is 0. The van der Waals surface area contributed by atoms with Gasteiger partial charge in [-0.1, -0.05) is 0 Å².